The first-order valence-electron chi connectivity index (χ1n) is 9.42. The number of ether oxygens (including phenoxy) is 1. The molecule has 1 atom stereocenters. The van der Waals surface area contributed by atoms with E-state index in [1.807, 2.05) is 19.0 Å². The van der Waals surface area contributed by atoms with Crippen molar-refractivity contribution in [2.24, 2.45) is 0 Å². The molecule has 0 radical (unpaired) electrons. The summed E-state index contributed by atoms with van der Waals surface area (Å²) in [7, 11) is 5.40. The average molecular weight is 395 g/mol. The maximum absolute atomic E-state index is 12.9. The molecule has 1 aliphatic heterocycles. The lowest BCUT2D eigenvalue weighted by molar-refractivity contribution is -0.139. The van der Waals surface area contributed by atoms with Crippen LogP contribution in [-0.2, 0) is 9.59 Å². The number of carbonyl (C=O) groups excluding carboxylic acids is 2. The van der Waals surface area contributed by atoms with Crippen LogP contribution in [0.15, 0.2) is 54.4 Å². The van der Waals surface area contributed by atoms with Gasteiger partial charge in [-0.3, -0.25) is 14.6 Å². The summed E-state index contributed by atoms with van der Waals surface area (Å²) in [5.74, 6) is -1.11. The Balaban J connectivity index is 2.11. The second-order valence-corrected chi connectivity index (χ2v) is 7.13. The number of ketones is 1. The van der Waals surface area contributed by atoms with Crippen LogP contribution in [0.1, 0.15) is 23.6 Å². The number of pyridine rings is 1. The van der Waals surface area contributed by atoms with E-state index in [2.05, 4.69) is 4.98 Å². The van der Waals surface area contributed by atoms with Crippen LogP contribution < -0.4 is 4.74 Å². The fourth-order valence-electron chi connectivity index (χ4n) is 3.55. The quantitative estimate of drug-likeness (QED) is 0.441. The number of methoxy groups -OCH3 is 1. The van der Waals surface area contributed by atoms with E-state index >= 15 is 0 Å². The molecule has 1 saturated heterocycles. The van der Waals surface area contributed by atoms with Crippen LogP contribution >= 0.6 is 0 Å². The zero-order valence-electron chi connectivity index (χ0n) is 16.8. The monoisotopic (exact) mass is 395 g/mol. The van der Waals surface area contributed by atoms with Crippen LogP contribution in [0.2, 0.25) is 0 Å². The highest BCUT2D eigenvalue weighted by Gasteiger charge is 2.46. The Morgan fingerprint density at radius 1 is 1.17 bits per heavy atom. The first-order valence-corrected chi connectivity index (χ1v) is 9.42. The molecule has 1 fully saturated rings. The summed E-state index contributed by atoms with van der Waals surface area (Å²) < 4.78 is 5.33. The van der Waals surface area contributed by atoms with Crippen molar-refractivity contribution < 1.29 is 19.4 Å². The number of likely N-dealkylation sites (tertiary alicyclic amines) is 1. The van der Waals surface area contributed by atoms with Crippen molar-refractivity contribution in [2.45, 2.75) is 12.5 Å². The highest BCUT2D eigenvalue weighted by Crippen LogP contribution is 2.40. The van der Waals surface area contributed by atoms with Crippen LogP contribution in [-0.4, -0.2) is 65.9 Å². The highest BCUT2D eigenvalue weighted by atomic mass is 16.5. The lowest BCUT2D eigenvalue weighted by Gasteiger charge is -2.26. The second kappa shape index (κ2) is 8.87. The fourth-order valence-corrected chi connectivity index (χ4v) is 3.55. The largest absolute Gasteiger partial charge is 0.507 e. The van der Waals surface area contributed by atoms with Crippen molar-refractivity contribution in [1.82, 2.24) is 14.8 Å². The molecule has 1 aromatic heterocycles. The van der Waals surface area contributed by atoms with E-state index in [0.29, 0.717) is 24.3 Å². The molecule has 1 N–H and O–H groups in total. The first kappa shape index (κ1) is 20.5. The number of hydrogen-bond acceptors (Lipinski definition) is 6. The highest BCUT2D eigenvalue weighted by molar-refractivity contribution is 6.46. The van der Waals surface area contributed by atoms with E-state index in [4.69, 9.17) is 4.74 Å². The molecule has 29 heavy (non-hydrogen) atoms. The first-order chi connectivity index (χ1) is 14.0. The molecule has 0 spiro atoms. The number of nitrogens with zero attached hydrogens (tertiary/aromatic N) is 3. The molecular weight excluding hydrogens is 370 g/mol. The van der Waals surface area contributed by atoms with E-state index in [1.54, 1.807) is 48.8 Å². The number of aliphatic hydroxyl groups excluding tert-OH is 1. The number of aromatic nitrogens is 1. The molecule has 0 saturated carbocycles. The molecule has 1 amide bonds. The zero-order chi connectivity index (χ0) is 21.0. The van der Waals surface area contributed by atoms with E-state index in [9.17, 15) is 14.7 Å². The number of aliphatic hydroxyl groups is 1. The molecule has 2 aromatic rings. The van der Waals surface area contributed by atoms with Gasteiger partial charge in [0.25, 0.3) is 11.7 Å². The van der Waals surface area contributed by atoms with Gasteiger partial charge in [0.2, 0.25) is 0 Å². The lowest BCUT2D eigenvalue weighted by atomic mass is 9.95. The number of amides is 1. The van der Waals surface area contributed by atoms with Crippen LogP contribution in [0.25, 0.3) is 5.76 Å². The molecule has 0 aliphatic carbocycles. The fraction of sp³-hybridized carbons (Fsp3) is 0.318. The molecular formula is C22H25N3O4. The predicted octanol–water partition coefficient (Wildman–Crippen LogP) is 2.46. The van der Waals surface area contributed by atoms with Gasteiger partial charge in [0.05, 0.1) is 24.3 Å². The minimum Gasteiger partial charge on any atom is -0.507 e. The van der Waals surface area contributed by atoms with Crippen molar-refractivity contribution >= 4 is 17.4 Å². The number of benzene rings is 1. The van der Waals surface area contributed by atoms with E-state index in [-0.39, 0.29) is 11.3 Å². The Morgan fingerprint density at radius 2 is 1.86 bits per heavy atom. The van der Waals surface area contributed by atoms with E-state index in [0.717, 1.165) is 12.1 Å². The summed E-state index contributed by atoms with van der Waals surface area (Å²) in [5, 5.41) is 11.1. The van der Waals surface area contributed by atoms with Crippen molar-refractivity contribution in [1.29, 1.82) is 0 Å². The standard InChI is InChI=1S/C22H25N3O4/c1-24(2)13-6-14-25-19(15-9-11-23-12-10-15)18(21(27)22(25)28)20(26)16-7-4-5-8-17(16)29-3/h4-5,7-12,19,26H,6,13-14H2,1-3H3/b20-18-. The van der Waals surface area contributed by atoms with Gasteiger partial charge in [-0.15, -0.1) is 0 Å². The summed E-state index contributed by atoms with van der Waals surface area (Å²) in [5.41, 5.74) is 1.16. The van der Waals surface area contributed by atoms with E-state index < -0.39 is 17.7 Å². The third kappa shape index (κ3) is 4.14. The number of Topliss-reactive ketones (excluding diaryl/α,β-unsaturated/α-hetero) is 1. The number of para-hydroxylation sites is 1. The molecule has 7 heteroatoms. The predicted molar refractivity (Wildman–Crippen MR) is 109 cm³/mol. The molecule has 1 aliphatic rings. The van der Waals surface area contributed by atoms with Gasteiger partial charge in [-0.05, 0) is 56.9 Å². The second-order valence-electron chi connectivity index (χ2n) is 7.13. The topological polar surface area (TPSA) is 83.0 Å². The molecule has 2 heterocycles. The summed E-state index contributed by atoms with van der Waals surface area (Å²) in [6, 6.07) is 9.71. The number of carbonyl (C=O) groups is 2. The maximum Gasteiger partial charge on any atom is 0.295 e. The average Bonchev–Trinajstić information content (AvgIpc) is 2.98. The normalized spacial score (nSPS) is 18.5. The van der Waals surface area contributed by atoms with Gasteiger partial charge in [-0.1, -0.05) is 12.1 Å². The Labute approximate surface area is 170 Å². The minimum absolute atomic E-state index is 0.0653. The smallest absolute Gasteiger partial charge is 0.295 e. The Bertz CT molecular complexity index is 925. The van der Waals surface area contributed by atoms with E-state index in [1.165, 1.54) is 12.0 Å². The summed E-state index contributed by atoms with van der Waals surface area (Å²) in [6.07, 6.45) is 3.92. The molecule has 7 nitrogen and oxygen atoms in total. The van der Waals surface area contributed by atoms with Gasteiger partial charge in [0.15, 0.2) is 0 Å². The zero-order valence-corrected chi connectivity index (χ0v) is 16.8. The number of hydrogen-bond donors (Lipinski definition) is 1. The van der Waals surface area contributed by atoms with Crippen LogP contribution in [0, 0.1) is 0 Å². The van der Waals surface area contributed by atoms with Crippen LogP contribution in [0.3, 0.4) is 0 Å². The van der Waals surface area contributed by atoms with Gasteiger partial charge < -0.3 is 19.6 Å². The third-order valence-corrected chi connectivity index (χ3v) is 4.93. The van der Waals surface area contributed by atoms with Crippen molar-refractivity contribution in [3.8, 4) is 5.75 Å². The molecule has 152 valence electrons. The van der Waals surface area contributed by atoms with Crippen molar-refractivity contribution in [2.75, 3.05) is 34.3 Å². The minimum atomic E-state index is -0.694. The summed E-state index contributed by atoms with van der Waals surface area (Å²) >= 11 is 0. The molecule has 0 bridgehead atoms. The van der Waals surface area contributed by atoms with Crippen LogP contribution in [0.5, 0.6) is 5.75 Å². The van der Waals surface area contributed by atoms with Gasteiger partial charge >= 0.3 is 0 Å². The van der Waals surface area contributed by atoms with Gasteiger partial charge in [0, 0.05) is 18.9 Å². The number of rotatable bonds is 7. The molecule has 1 unspecified atom stereocenters. The Morgan fingerprint density at radius 3 is 2.52 bits per heavy atom. The molecule has 1 aromatic carbocycles. The maximum atomic E-state index is 12.9. The summed E-state index contributed by atoms with van der Waals surface area (Å²) in [6.45, 7) is 1.18. The Hall–Kier alpha value is -3.19. The molecule has 3 rings (SSSR count). The third-order valence-electron chi connectivity index (χ3n) is 4.93. The summed E-state index contributed by atoms with van der Waals surface area (Å²) in [4.78, 5) is 33.3. The van der Waals surface area contributed by atoms with Gasteiger partial charge in [-0.2, -0.15) is 0 Å². The van der Waals surface area contributed by atoms with Gasteiger partial charge in [0.1, 0.15) is 11.5 Å². The van der Waals surface area contributed by atoms with Gasteiger partial charge in [-0.25, -0.2) is 0 Å². The Kier molecular flexibility index (Phi) is 6.29. The lowest BCUT2D eigenvalue weighted by Crippen LogP contribution is -2.32. The van der Waals surface area contributed by atoms with Crippen LogP contribution in [0.4, 0.5) is 0 Å². The van der Waals surface area contributed by atoms with Crippen molar-refractivity contribution in [3.05, 3.63) is 65.5 Å². The van der Waals surface area contributed by atoms with Crippen molar-refractivity contribution in [3.63, 3.8) is 0 Å². The SMILES string of the molecule is COc1ccccc1/C(O)=C1/C(=O)C(=O)N(CCCN(C)C)C1c1ccncc1.